The number of hydrogen-bond acceptors (Lipinski definition) is 2. The lowest BCUT2D eigenvalue weighted by molar-refractivity contribution is -0.138. The van der Waals surface area contributed by atoms with E-state index in [4.69, 9.17) is 15.0 Å². The maximum Gasteiger partial charge on any atom is 0.310 e. The second kappa shape index (κ2) is 6.59. The molecule has 0 radical (unpaired) electrons. The van der Waals surface area contributed by atoms with Crippen LogP contribution in [0.4, 0.5) is 0 Å². The van der Waals surface area contributed by atoms with Gasteiger partial charge in [0.15, 0.2) is 0 Å². The van der Waals surface area contributed by atoms with Crippen LogP contribution < -0.4 is 0 Å². The zero-order valence-electron chi connectivity index (χ0n) is 8.68. The van der Waals surface area contributed by atoms with Crippen LogP contribution in [0.2, 0.25) is 0 Å². The Morgan fingerprint density at radius 1 is 1.13 bits per heavy atom. The third-order valence-corrected chi connectivity index (χ3v) is 1.67. The first-order chi connectivity index (χ1) is 6.95. The summed E-state index contributed by atoms with van der Waals surface area (Å²) in [4.78, 5) is 19.5. The number of hydrogen-bond donors (Lipinski definition) is 2. The van der Waals surface area contributed by atoms with Gasteiger partial charge in [-0.2, -0.15) is 0 Å². The van der Waals surface area contributed by atoms with Crippen molar-refractivity contribution in [2.45, 2.75) is 19.8 Å². The van der Waals surface area contributed by atoms with Crippen molar-refractivity contribution < 1.29 is 19.8 Å². The van der Waals surface area contributed by atoms with Gasteiger partial charge in [-0.1, -0.05) is 30.3 Å². The maximum atomic E-state index is 10.5. The summed E-state index contributed by atoms with van der Waals surface area (Å²) in [7, 11) is 0. The molecular weight excluding hydrogens is 196 g/mol. The molecule has 0 bridgehead atoms. The Hall–Kier alpha value is -1.84. The smallest absolute Gasteiger partial charge is 0.310 e. The van der Waals surface area contributed by atoms with Gasteiger partial charge in [-0.25, -0.2) is 0 Å². The van der Waals surface area contributed by atoms with Gasteiger partial charge >= 0.3 is 5.97 Å². The van der Waals surface area contributed by atoms with Crippen molar-refractivity contribution in [2.75, 3.05) is 0 Å². The Morgan fingerprint density at radius 2 is 1.53 bits per heavy atom. The van der Waals surface area contributed by atoms with E-state index in [0.29, 0.717) is 0 Å². The van der Waals surface area contributed by atoms with Crippen molar-refractivity contribution in [1.82, 2.24) is 0 Å². The molecule has 0 saturated heterocycles. The maximum absolute atomic E-state index is 10.5. The summed E-state index contributed by atoms with van der Waals surface area (Å²) in [6.07, 6.45) is 0. The van der Waals surface area contributed by atoms with E-state index in [1.807, 2.05) is 30.3 Å². The summed E-state index contributed by atoms with van der Waals surface area (Å²) < 4.78 is 0. The van der Waals surface area contributed by atoms with Crippen molar-refractivity contribution >= 4 is 11.9 Å². The summed E-state index contributed by atoms with van der Waals surface area (Å²) >= 11 is 0. The number of rotatable bonds is 2. The molecule has 82 valence electrons. The van der Waals surface area contributed by atoms with Gasteiger partial charge in [-0.15, -0.1) is 0 Å². The van der Waals surface area contributed by atoms with Crippen molar-refractivity contribution in [3.8, 4) is 0 Å². The molecule has 0 aromatic heterocycles. The Labute approximate surface area is 88.2 Å². The minimum atomic E-state index is -0.833. The second-order valence-corrected chi connectivity index (χ2v) is 2.99. The largest absolute Gasteiger partial charge is 0.481 e. The molecule has 1 aromatic carbocycles. The van der Waals surface area contributed by atoms with Gasteiger partial charge in [0.25, 0.3) is 5.97 Å². The van der Waals surface area contributed by atoms with Gasteiger partial charge in [0.05, 0.1) is 5.92 Å². The number of carboxylic acid groups (broad SMARTS) is 2. The fraction of sp³-hybridized carbons (Fsp3) is 0.273. The number of aliphatic carboxylic acids is 2. The average molecular weight is 210 g/mol. The van der Waals surface area contributed by atoms with E-state index in [2.05, 4.69) is 0 Å². The molecule has 0 aliphatic carbocycles. The molecule has 4 nitrogen and oxygen atoms in total. The second-order valence-electron chi connectivity index (χ2n) is 2.99. The zero-order chi connectivity index (χ0) is 11.8. The molecule has 0 amide bonds. The van der Waals surface area contributed by atoms with Crippen molar-refractivity contribution in [3.63, 3.8) is 0 Å². The van der Waals surface area contributed by atoms with Crippen LogP contribution in [0.15, 0.2) is 30.3 Å². The summed E-state index contributed by atoms with van der Waals surface area (Å²) in [5.41, 5.74) is 0.847. The Kier molecular flexibility index (Phi) is 5.78. The number of benzene rings is 1. The number of carbonyl (C=O) groups is 2. The third-order valence-electron chi connectivity index (χ3n) is 1.67. The average Bonchev–Trinajstić information content (AvgIpc) is 2.17. The molecule has 15 heavy (non-hydrogen) atoms. The minimum absolute atomic E-state index is 0.406. The highest BCUT2D eigenvalue weighted by Crippen LogP contribution is 2.13. The molecule has 1 atom stereocenters. The van der Waals surface area contributed by atoms with Crippen LogP contribution in [0.3, 0.4) is 0 Å². The first kappa shape index (κ1) is 13.2. The van der Waals surface area contributed by atoms with Gasteiger partial charge in [0.2, 0.25) is 0 Å². The molecule has 1 rings (SSSR count). The molecule has 4 heteroatoms. The van der Waals surface area contributed by atoms with Crippen molar-refractivity contribution in [3.05, 3.63) is 35.9 Å². The lowest BCUT2D eigenvalue weighted by Gasteiger charge is -2.04. The monoisotopic (exact) mass is 210 g/mol. The van der Waals surface area contributed by atoms with E-state index in [0.717, 1.165) is 12.5 Å². The lowest BCUT2D eigenvalue weighted by Crippen LogP contribution is -2.06. The van der Waals surface area contributed by atoms with Crippen LogP contribution in [0.5, 0.6) is 0 Å². The topological polar surface area (TPSA) is 74.6 Å². The van der Waals surface area contributed by atoms with Crippen LogP contribution in [-0.2, 0) is 9.59 Å². The predicted molar refractivity (Wildman–Crippen MR) is 55.8 cm³/mol. The molecule has 2 N–H and O–H groups in total. The first-order valence-corrected chi connectivity index (χ1v) is 4.42. The van der Waals surface area contributed by atoms with Crippen LogP contribution in [0, 0.1) is 0 Å². The summed E-state index contributed by atoms with van der Waals surface area (Å²) in [6, 6.07) is 9.19. The van der Waals surface area contributed by atoms with E-state index < -0.39 is 17.9 Å². The molecular formula is C11H14O4. The van der Waals surface area contributed by atoms with Gasteiger partial charge < -0.3 is 10.2 Å². The minimum Gasteiger partial charge on any atom is -0.481 e. The van der Waals surface area contributed by atoms with Gasteiger partial charge in [-0.05, 0) is 12.5 Å². The van der Waals surface area contributed by atoms with E-state index in [1.54, 1.807) is 6.92 Å². The molecule has 1 aromatic rings. The fourth-order valence-electron chi connectivity index (χ4n) is 0.884. The van der Waals surface area contributed by atoms with Gasteiger partial charge in [0, 0.05) is 6.92 Å². The van der Waals surface area contributed by atoms with Gasteiger partial charge in [0.1, 0.15) is 0 Å². The zero-order valence-corrected chi connectivity index (χ0v) is 8.68. The fourth-order valence-corrected chi connectivity index (χ4v) is 0.884. The van der Waals surface area contributed by atoms with Crippen molar-refractivity contribution in [1.29, 1.82) is 0 Å². The molecule has 0 aliphatic rings. The van der Waals surface area contributed by atoms with Gasteiger partial charge in [-0.3, -0.25) is 9.59 Å². The van der Waals surface area contributed by atoms with Crippen LogP contribution in [0.25, 0.3) is 0 Å². The summed E-state index contributed by atoms with van der Waals surface area (Å²) in [5.74, 6) is -2.02. The quantitative estimate of drug-likeness (QED) is 0.782. The predicted octanol–water partition coefficient (Wildman–Crippen LogP) is 1.97. The highest BCUT2D eigenvalue weighted by Gasteiger charge is 2.11. The first-order valence-electron chi connectivity index (χ1n) is 4.42. The third kappa shape index (κ3) is 6.26. The normalized spacial score (nSPS) is 10.8. The lowest BCUT2D eigenvalue weighted by atomic mass is 10.0. The summed E-state index contributed by atoms with van der Waals surface area (Å²) in [5, 5.41) is 16.1. The van der Waals surface area contributed by atoms with Crippen LogP contribution >= 0.6 is 0 Å². The van der Waals surface area contributed by atoms with Crippen molar-refractivity contribution in [2.24, 2.45) is 0 Å². The molecule has 0 aliphatic heterocycles. The molecule has 0 spiro atoms. The Bertz CT molecular complexity index is 315. The SMILES string of the molecule is CC(=O)O.CC(C(=O)O)c1ccccc1. The Morgan fingerprint density at radius 3 is 1.87 bits per heavy atom. The van der Waals surface area contributed by atoms with E-state index in [-0.39, 0.29) is 0 Å². The highest BCUT2D eigenvalue weighted by molar-refractivity contribution is 5.75. The van der Waals surface area contributed by atoms with E-state index in [1.165, 1.54) is 0 Å². The summed E-state index contributed by atoms with van der Waals surface area (Å²) in [6.45, 7) is 2.76. The van der Waals surface area contributed by atoms with E-state index in [9.17, 15) is 4.79 Å². The van der Waals surface area contributed by atoms with E-state index >= 15 is 0 Å². The van der Waals surface area contributed by atoms with Crippen LogP contribution in [0.1, 0.15) is 25.3 Å². The van der Waals surface area contributed by atoms with Crippen LogP contribution in [-0.4, -0.2) is 22.2 Å². The standard InChI is InChI=1S/C9H10O2.C2H4O2/c1-7(9(10)11)8-5-3-2-4-6-8;1-2(3)4/h2-7H,1H3,(H,10,11);1H3,(H,3,4). The molecule has 0 saturated carbocycles. The highest BCUT2D eigenvalue weighted by atomic mass is 16.4. The molecule has 0 heterocycles. The molecule has 1 unspecified atom stereocenters. The molecule has 0 fully saturated rings. The Balaban J connectivity index is 0.000000423. The number of carboxylic acids is 2.